The van der Waals surface area contributed by atoms with E-state index in [4.69, 9.17) is 11.6 Å². The van der Waals surface area contributed by atoms with Crippen LogP contribution < -0.4 is 16.0 Å². The van der Waals surface area contributed by atoms with Crippen LogP contribution >= 0.6 is 11.6 Å². The summed E-state index contributed by atoms with van der Waals surface area (Å²) < 4.78 is 13.3. The molecule has 0 fully saturated rings. The Bertz CT molecular complexity index is 969. The summed E-state index contributed by atoms with van der Waals surface area (Å²) in [7, 11) is 1.60. The van der Waals surface area contributed by atoms with Crippen LogP contribution in [0.4, 0.5) is 21.8 Å². The molecule has 0 spiro atoms. The molecule has 0 aliphatic carbocycles. The van der Waals surface area contributed by atoms with Crippen LogP contribution in [0, 0.1) is 5.82 Å². The van der Waals surface area contributed by atoms with Gasteiger partial charge >= 0.3 is 0 Å². The highest BCUT2D eigenvalue weighted by Gasteiger charge is 2.09. The molecule has 0 aliphatic rings. The molecular weight excluding hydrogens is 373 g/mol. The third kappa shape index (κ3) is 4.76. The van der Waals surface area contributed by atoms with Crippen molar-refractivity contribution in [2.45, 2.75) is 12.8 Å². The zero-order valence-corrected chi connectivity index (χ0v) is 15.2. The van der Waals surface area contributed by atoms with Gasteiger partial charge in [-0.05, 0) is 24.6 Å². The quantitative estimate of drug-likeness (QED) is 0.533. The lowest BCUT2D eigenvalue weighted by Gasteiger charge is -2.10. The third-order valence-electron chi connectivity index (χ3n) is 3.70. The van der Waals surface area contributed by atoms with Gasteiger partial charge < -0.3 is 16.0 Å². The predicted octanol–water partition coefficient (Wildman–Crippen LogP) is 2.89. The Labute approximate surface area is 159 Å². The molecule has 0 saturated heterocycles. The summed E-state index contributed by atoms with van der Waals surface area (Å²) in [6.45, 7) is 0.545. The number of halogens is 2. The average molecular weight is 390 g/mol. The van der Waals surface area contributed by atoms with Gasteiger partial charge in [0.2, 0.25) is 11.9 Å². The van der Waals surface area contributed by atoms with Crippen molar-refractivity contribution in [1.29, 1.82) is 0 Å². The van der Waals surface area contributed by atoms with Gasteiger partial charge in [-0.2, -0.15) is 0 Å². The molecule has 0 atom stereocenters. The van der Waals surface area contributed by atoms with Crippen LogP contribution in [-0.2, 0) is 4.79 Å². The van der Waals surface area contributed by atoms with Crippen LogP contribution in [0.5, 0.6) is 0 Å². The summed E-state index contributed by atoms with van der Waals surface area (Å²) >= 11 is 5.82. The fourth-order valence-electron chi connectivity index (χ4n) is 2.32. The molecule has 2 aromatic heterocycles. The first kappa shape index (κ1) is 18.7. The fourth-order valence-corrected chi connectivity index (χ4v) is 2.50. The molecule has 0 unspecified atom stereocenters. The van der Waals surface area contributed by atoms with Crippen molar-refractivity contribution in [2.75, 3.05) is 24.2 Å². The number of hydrogen-bond acceptors (Lipinski definition) is 7. The molecule has 3 aromatic rings. The van der Waals surface area contributed by atoms with E-state index in [1.165, 1.54) is 18.5 Å². The van der Waals surface area contributed by atoms with Gasteiger partial charge in [0.25, 0.3) is 0 Å². The Balaban J connectivity index is 1.77. The number of nitrogens with zero attached hydrogens (tertiary/aromatic N) is 4. The number of carbonyl (C=O) groups excluding carboxylic acids is 1. The summed E-state index contributed by atoms with van der Waals surface area (Å²) in [6.07, 6.45) is 4.02. The second-order valence-corrected chi connectivity index (χ2v) is 6.01. The number of carbonyl (C=O) groups is 1. The van der Waals surface area contributed by atoms with E-state index in [1.807, 2.05) is 0 Å². The molecule has 8 nitrogen and oxygen atoms in total. The molecule has 0 radical (unpaired) electrons. The molecule has 140 valence electrons. The minimum atomic E-state index is -0.500. The first-order valence-electron chi connectivity index (χ1n) is 8.21. The number of rotatable bonds is 7. The number of fused-ring (bicyclic) bond motifs is 1. The number of nitrogens with one attached hydrogen (secondary N) is 3. The van der Waals surface area contributed by atoms with Gasteiger partial charge in [-0.1, -0.05) is 11.6 Å². The Morgan fingerprint density at radius 3 is 2.89 bits per heavy atom. The second kappa shape index (κ2) is 8.54. The first-order valence-corrected chi connectivity index (χ1v) is 8.59. The Morgan fingerprint density at radius 1 is 1.26 bits per heavy atom. The molecule has 3 N–H and O–H groups in total. The van der Waals surface area contributed by atoms with E-state index in [0.717, 1.165) is 0 Å². The largest absolute Gasteiger partial charge is 0.359 e. The molecule has 1 aromatic carbocycles. The van der Waals surface area contributed by atoms with Crippen LogP contribution in [0.25, 0.3) is 11.0 Å². The Kier molecular flexibility index (Phi) is 5.92. The van der Waals surface area contributed by atoms with Crippen molar-refractivity contribution in [2.24, 2.45) is 0 Å². The highest BCUT2D eigenvalue weighted by Crippen LogP contribution is 2.25. The summed E-state index contributed by atoms with van der Waals surface area (Å²) in [5.41, 5.74) is 1.62. The zero-order valence-electron chi connectivity index (χ0n) is 14.5. The summed E-state index contributed by atoms with van der Waals surface area (Å²) in [6, 6.07) is 4.28. The van der Waals surface area contributed by atoms with E-state index in [-0.39, 0.29) is 10.9 Å². The van der Waals surface area contributed by atoms with E-state index >= 15 is 0 Å². The lowest BCUT2D eigenvalue weighted by Crippen LogP contribution is -2.18. The molecule has 10 heteroatoms. The lowest BCUT2D eigenvalue weighted by molar-refractivity contribution is -0.120. The van der Waals surface area contributed by atoms with Gasteiger partial charge in [0.1, 0.15) is 23.2 Å². The average Bonchev–Trinajstić information content (AvgIpc) is 2.68. The minimum Gasteiger partial charge on any atom is -0.359 e. The second-order valence-electron chi connectivity index (χ2n) is 5.61. The van der Waals surface area contributed by atoms with Crippen LogP contribution in [0.15, 0.2) is 30.7 Å². The molecule has 27 heavy (non-hydrogen) atoms. The summed E-state index contributed by atoms with van der Waals surface area (Å²) in [4.78, 5) is 28.2. The highest BCUT2D eigenvalue weighted by atomic mass is 35.5. The van der Waals surface area contributed by atoms with Gasteiger partial charge in [0.05, 0.1) is 11.2 Å². The zero-order chi connectivity index (χ0) is 19.2. The highest BCUT2D eigenvalue weighted by molar-refractivity contribution is 6.31. The predicted molar refractivity (Wildman–Crippen MR) is 102 cm³/mol. The van der Waals surface area contributed by atoms with E-state index in [1.54, 1.807) is 19.3 Å². The number of benzene rings is 1. The van der Waals surface area contributed by atoms with E-state index < -0.39 is 5.82 Å². The number of aromatic nitrogens is 4. The Hall–Kier alpha value is -3.07. The molecule has 0 aliphatic heterocycles. The molecule has 1 amide bonds. The van der Waals surface area contributed by atoms with Crippen molar-refractivity contribution in [3.05, 3.63) is 41.6 Å². The molecular formula is C17H17ClFN7O. The van der Waals surface area contributed by atoms with Crippen molar-refractivity contribution >= 4 is 46.0 Å². The maximum atomic E-state index is 13.3. The fraction of sp³-hybridized carbons (Fsp3) is 0.235. The smallest absolute Gasteiger partial charge is 0.223 e. The molecule has 3 rings (SSSR count). The SMILES string of the molecule is CNC(=O)CCCNc1ncc2ncnc(Nc3ccc(F)c(Cl)c3)c2n1. The normalized spacial score (nSPS) is 10.6. The molecule has 0 bridgehead atoms. The van der Waals surface area contributed by atoms with Crippen LogP contribution in [0.3, 0.4) is 0 Å². The number of anilines is 3. The summed E-state index contributed by atoms with van der Waals surface area (Å²) in [5, 5.41) is 8.70. The monoisotopic (exact) mass is 389 g/mol. The van der Waals surface area contributed by atoms with E-state index in [9.17, 15) is 9.18 Å². The van der Waals surface area contributed by atoms with Gasteiger partial charge in [0, 0.05) is 25.7 Å². The topological polar surface area (TPSA) is 105 Å². The van der Waals surface area contributed by atoms with Crippen molar-refractivity contribution in [3.8, 4) is 0 Å². The maximum absolute atomic E-state index is 13.3. The van der Waals surface area contributed by atoms with Crippen LogP contribution in [0.1, 0.15) is 12.8 Å². The van der Waals surface area contributed by atoms with Crippen molar-refractivity contribution < 1.29 is 9.18 Å². The molecule has 2 heterocycles. The first-order chi connectivity index (χ1) is 13.1. The van der Waals surface area contributed by atoms with E-state index in [0.29, 0.717) is 47.9 Å². The number of hydrogen-bond donors (Lipinski definition) is 3. The summed E-state index contributed by atoms with van der Waals surface area (Å²) in [5.74, 6) is 0.322. The lowest BCUT2D eigenvalue weighted by atomic mass is 10.3. The van der Waals surface area contributed by atoms with Gasteiger partial charge in [-0.15, -0.1) is 0 Å². The van der Waals surface area contributed by atoms with Crippen molar-refractivity contribution in [1.82, 2.24) is 25.3 Å². The Morgan fingerprint density at radius 2 is 2.11 bits per heavy atom. The van der Waals surface area contributed by atoms with E-state index in [2.05, 4.69) is 35.9 Å². The maximum Gasteiger partial charge on any atom is 0.223 e. The van der Waals surface area contributed by atoms with Crippen LogP contribution in [0.2, 0.25) is 5.02 Å². The van der Waals surface area contributed by atoms with Crippen molar-refractivity contribution in [3.63, 3.8) is 0 Å². The minimum absolute atomic E-state index is 0.00598. The van der Waals surface area contributed by atoms with Gasteiger partial charge in [-0.3, -0.25) is 4.79 Å². The number of amides is 1. The molecule has 0 saturated carbocycles. The van der Waals surface area contributed by atoms with Crippen LogP contribution in [-0.4, -0.2) is 39.4 Å². The van der Waals surface area contributed by atoms with Gasteiger partial charge in [-0.25, -0.2) is 24.3 Å². The van der Waals surface area contributed by atoms with Gasteiger partial charge in [0.15, 0.2) is 5.82 Å². The third-order valence-corrected chi connectivity index (χ3v) is 3.99. The standard InChI is InChI=1S/C17H17ClFN7O/c1-20-14(27)3-2-6-21-17-22-8-13-15(26-17)16(24-9-23-13)25-10-4-5-12(19)11(18)7-10/h4-5,7-9H,2-3,6H2,1H3,(H,20,27)(H,21,22,26)(H,23,24,25).